The average molecular weight is 393 g/mol. The molecule has 1 aliphatic carbocycles. The number of H-pyrrole nitrogens is 1. The quantitative estimate of drug-likeness (QED) is 0.462. The summed E-state index contributed by atoms with van der Waals surface area (Å²) in [7, 11) is 0. The zero-order valence-electron chi connectivity index (χ0n) is 16.8. The Bertz CT molecular complexity index is 1220. The average Bonchev–Trinajstić information content (AvgIpc) is 3.27. The van der Waals surface area contributed by atoms with E-state index in [-0.39, 0.29) is 29.8 Å². The summed E-state index contributed by atoms with van der Waals surface area (Å²) in [5, 5.41) is 1.13. The number of carbonyl (C=O) groups excluding carboxylic acids is 2. The molecule has 1 fully saturated rings. The summed E-state index contributed by atoms with van der Waals surface area (Å²) in [5.41, 5.74) is 5.01. The number of benzene rings is 3. The number of nitrogens with one attached hydrogen (secondary N) is 1. The molecule has 3 atom stereocenters. The summed E-state index contributed by atoms with van der Waals surface area (Å²) >= 11 is 0. The van der Waals surface area contributed by atoms with Gasteiger partial charge in [0.1, 0.15) is 5.78 Å². The van der Waals surface area contributed by atoms with Gasteiger partial charge in [0.05, 0.1) is 11.8 Å². The van der Waals surface area contributed by atoms with Crippen molar-refractivity contribution < 1.29 is 9.59 Å². The van der Waals surface area contributed by atoms with Gasteiger partial charge >= 0.3 is 0 Å². The van der Waals surface area contributed by atoms with Gasteiger partial charge in [-0.25, -0.2) is 0 Å². The lowest BCUT2D eigenvalue weighted by Crippen LogP contribution is -2.26. The van der Waals surface area contributed by atoms with E-state index < -0.39 is 5.92 Å². The Hall–Kier alpha value is -3.46. The van der Waals surface area contributed by atoms with E-state index in [2.05, 4.69) is 18.0 Å². The zero-order chi connectivity index (χ0) is 20.7. The number of aromatic amines is 1. The standard InChI is InChI=1S/C27H23NO2/c1-17-20-14-8-9-15-22(20)28-26(17)24(19-12-6-3-7-13-19)25-23(29)16-21(27(25)30)18-10-4-2-5-11-18/h2-15,21,24-25,28H,16H2,1H3. The third kappa shape index (κ3) is 2.98. The molecular formula is C27H23NO2. The van der Waals surface area contributed by atoms with E-state index >= 15 is 0 Å². The van der Waals surface area contributed by atoms with Crippen molar-refractivity contribution >= 4 is 22.5 Å². The van der Waals surface area contributed by atoms with Crippen LogP contribution < -0.4 is 0 Å². The summed E-state index contributed by atoms with van der Waals surface area (Å²) < 4.78 is 0. The highest BCUT2D eigenvalue weighted by Crippen LogP contribution is 2.44. The lowest BCUT2D eigenvalue weighted by molar-refractivity contribution is -0.128. The Kier molecular flexibility index (Phi) is 4.59. The van der Waals surface area contributed by atoms with E-state index in [1.165, 1.54) is 0 Å². The monoisotopic (exact) mass is 393 g/mol. The molecule has 3 heteroatoms. The van der Waals surface area contributed by atoms with E-state index in [0.717, 1.165) is 33.3 Å². The second-order valence-corrected chi connectivity index (χ2v) is 8.11. The largest absolute Gasteiger partial charge is 0.358 e. The molecule has 3 unspecified atom stereocenters. The van der Waals surface area contributed by atoms with Gasteiger partial charge in [0.25, 0.3) is 0 Å². The first-order chi connectivity index (χ1) is 14.6. The minimum Gasteiger partial charge on any atom is -0.358 e. The summed E-state index contributed by atoms with van der Waals surface area (Å²) in [5.74, 6) is -1.30. The van der Waals surface area contributed by atoms with Gasteiger partial charge in [0, 0.05) is 28.9 Å². The lowest BCUT2D eigenvalue weighted by Gasteiger charge is -2.23. The molecule has 0 aliphatic heterocycles. The summed E-state index contributed by atoms with van der Waals surface area (Å²) in [6, 6.07) is 27.8. The highest BCUT2D eigenvalue weighted by molar-refractivity contribution is 6.13. The lowest BCUT2D eigenvalue weighted by atomic mass is 9.79. The molecule has 0 bridgehead atoms. The number of Topliss-reactive ketones (excluding diaryl/α,β-unsaturated/α-hetero) is 2. The van der Waals surface area contributed by atoms with Crippen LogP contribution in [-0.2, 0) is 9.59 Å². The van der Waals surface area contributed by atoms with Gasteiger partial charge in [-0.15, -0.1) is 0 Å². The van der Waals surface area contributed by atoms with Crippen molar-refractivity contribution in [3.05, 3.63) is 107 Å². The third-order valence-electron chi connectivity index (χ3n) is 6.41. The maximum atomic E-state index is 13.6. The molecule has 30 heavy (non-hydrogen) atoms. The smallest absolute Gasteiger partial charge is 0.152 e. The van der Waals surface area contributed by atoms with Crippen LogP contribution in [0.1, 0.15) is 40.6 Å². The molecule has 1 aliphatic rings. The molecule has 5 rings (SSSR count). The van der Waals surface area contributed by atoms with Crippen LogP contribution in [0.25, 0.3) is 10.9 Å². The highest BCUT2D eigenvalue weighted by atomic mass is 16.2. The van der Waals surface area contributed by atoms with Gasteiger partial charge < -0.3 is 4.98 Å². The number of fused-ring (bicyclic) bond motifs is 1. The predicted molar refractivity (Wildman–Crippen MR) is 119 cm³/mol. The number of aromatic nitrogens is 1. The molecule has 1 N–H and O–H groups in total. The Labute approximate surface area is 175 Å². The summed E-state index contributed by atoms with van der Waals surface area (Å²) in [6.45, 7) is 2.07. The number of para-hydroxylation sites is 1. The molecule has 3 nitrogen and oxygen atoms in total. The first-order valence-corrected chi connectivity index (χ1v) is 10.4. The minimum atomic E-state index is -0.677. The molecular weight excluding hydrogens is 370 g/mol. The van der Waals surface area contributed by atoms with Crippen molar-refractivity contribution in [2.45, 2.75) is 25.2 Å². The van der Waals surface area contributed by atoms with Crippen LogP contribution in [0, 0.1) is 12.8 Å². The fourth-order valence-electron chi connectivity index (χ4n) is 4.92. The van der Waals surface area contributed by atoms with Crippen molar-refractivity contribution in [2.75, 3.05) is 0 Å². The van der Waals surface area contributed by atoms with Gasteiger partial charge in [-0.2, -0.15) is 0 Å². The minimum absolute atomic E-state index is 0.0260. The fourth-order valence-corrected chi connectivity index (χ4v) is 4.92. The number of hydrogen-bond acceptors (Lipinski definition) is 2. The van der Waals surface area contributed by atoms with Crippen molar-refractivity contribution in [1.82, 2.24) is 4.98 Å². The van der Waals surface area contributed by atoms with Crippen LogP contribution in [0.3, 0.4) is 0 Å². The Morgan fingerprint density at radius 1 is 0.833 bits per heavy atom. The van der Waals surface area contributed by atoms with Crippen LogP contribution in [0.15, 0.2) is 84.9 Å². The number of hydrogen-bond donors (Lipinski definition) is 1. The topological polar surface area (TPSA) is 49.9 Å². The Morgan fingerprint density at radius 2 is 1.47 bits per heavy atom. The number of aryl methyl sites for hydroxylation is 1. The second-order valence-electron chi connectivity index (χ2n) is 8.11. The summed E-state index contributed by atoms with van der Waals surface area (Å²) in [6.07, 6.45) is 0.274. The van der Waals surface area contributed by atoms with Gasteiger partial charge in [0.2, 0.25) is 0 Å². The van der Waals surface area contributed by atoms with Crippen LogP contribution in [0.4, 0.5) is 0 Å². The van der Waals surface area contributed by atoms with Crippen molar-refractivity contribution in [1.29, 1.82) is 0 Å². The van der Waals surface area contributed by atoms with Crippen LogP contribution >= 0.6 is 0 Å². The highest BCUT2D eigenvalue weighted by Gasteiger charge is 2.47. The van der Waals surface area contributed by atoms with E-state index in [4.69, 9.17) is 0 Å². The Balaban J connectivity index is 1.65. The maximum absolute atomic E-state index is 13.6. The number of carbonyl (C=O) groups is 2. The SMILES string of the molecule is Cc1c(C(c2ccccc2)C2C(=O)CC(c3ccccc3)C2=O)[nH]c2ccccc12. The summed E-state index contributed by atoms with van der Waals surface area (Å²) in [4.78, 5) is 30.4. The van der Waals surface area contributed by atoms with E-state index in [1.54, 1.807) is 0 Å². The van der Waals surface area contributed by atoms with Gasteiger partial charge in [-0.1, -0.05) is 78.9 Å². The zero-order valence-corrected chi connectivity index (χ0v) is 16.8. The van der Waals surface area contributed by atoms with Gasteiger partial charge in [0.15, 0.2) is 5.78 Å². The first-order valence-electron chi connectivity index (χ1n) is 10.4. The normalized spacial score (nSPS) is 20.0. The molecule has 0 spiro atoms. The molecule has 0 radical (unpaired) electrons. The van der Waals surface area contributed by atoms with Crippen molar-refractivity contribution in [2.24, 2.45) is 5.92 Å². The van der Waals surface area contributed by atoms with Crippen LogP contribution in [0.5, 0.6) is 0 Å². The third-order valence-corrected chi connectivity index (χ3v) is 6.41. The molecule has 1 aromatic heterocycles. The van der Waals surface area contributed by atoms with E-state index in [1.807, 2.05) is 78.9 Å². The molecule has 148 valence electrons. The van der Waals surface area contributed by atoms with Crippen LogP contribution in [-0.4, -0.2) is 16.6 Å². The molecule has 0 saturated heterocycles. The van der Waals surface area contributed by atoms with Gasteiger partial charge in [-0.3, -0.25) is 9.59 Å². The van der Waals surface area contributed by atoms with E-state index in [0.29, 0.717) is 0 Å². The maximum Gasteiger partial charge on any atom is 0.152 e. The predicted octanol–water partition coefficient (Wildman–Crippen LogP) is 5.55. The molecule has 4 aromatic rings. The van der Waals surface area contributed by atoms with E-state index in [9.17, 15) is 9.59 Å². The van der Waals surface area contributed by atoms with Crippen molar-refractivity contribution in [3.8, 4) is 0 Å². The molecule has 1 heterocycles. The number of rotatable bonds is 4. The fraction of sp³-hybridized carbons (Fsp3) is 0.185. The second kappa shape index (κ2) is 7.42. The van der Waals surface area contributed by atoms with Crippen LogP contribution in [0.2, 0.25) is 0 Å². The molecule has 0 amide bonds. The first kappa shape index (κ1) is 18.6. The molecule has 3 aromatic carbocycles. The number of ketones is 2. The van der Waals surface area contributed by atoms with Gasteiger partial charge in [-0.05, 0) is 29.7 Å². The molecule has 1 saturated carbocycles. The van der Waals surface area contributed by atoms with Crippen molar-refractivity contribution in [3.63, 3.8) is 0 Å². The Morgan fingerprint density at radius 3 is 2.17 bits per heavy atom.